The maximum atomic E-state index is 6.17. The predicted molar refractivity (Wildman–Crippen MR) is 209 cm³/mol. The number of nitrogens with two attached hydrogens (primary N) is 1. The first-order valence-electron chi connectivity index (χ1n) is 17.2. The molecule has 0 saturated carbocycles. The fraction of sp³-hybridized carbons (Fsp3) is 0.234. The lowest BCUT2D eigenvalue weighted by Gasteiger charge is -2.26. The second kappa shape index (κ2) is 12.6. The first-order chi connectivity index (χ1) is 22.7. The summed E-state index contributed by atoms with van der Waals surface area (Å²) in [5.74, 6) is 0. The number of fused-ring (bicyclic) bond motifs is 3. The lowest BCUT2D eigenvalue weighted by Crippen LogP contribution is -2.16. The molecule has 0 bridgehead atoms. The van der Waals surface area contributed by atoms with Gasteiger partial charge in [-0.25, -0.2) is 0 Å². The van der Waals surface area contributed by atoms with Crippen molar-refractivity contribution in [1.29, 1.82) is 0 Å². The summed E-state index contributed by atoms with van der Waals surface area (Å²) in [6.07, 6.45) is 0. The van der Waals surface area contributed by atoms with Gasteiger partial charge in [0, 0.05) is 16.7 Å². The predicted octanol–water partition coefficient (Wildman–Crippen LogP) is 12.9. The number of para-hydroxylation sites is 1. The molecule has 0 aliphatic heterocycles. The SMILES string of the molecule is CC(C)(C)c1cc(-c2ccccc2N)cc(C(C)(C)C)c1.CC1(C)c2ccccc2-c2cccc(-c3ccc(-c4ccccc4)cc3)c21. The smallest absolute Gasteiger partial charge is 0.0393 e. The van der Waals surface area contributed by atoms with Crippen LogP contribution >= 0.6 is 0 Å². The van der Waals surface area contributed by atoms with Gasteiger partial charge >= 0.3 is 0 Å². The molecule has 1 aliphatic rings. The van der Waals surface area contributed by atoms with Crippen LogP contribution in [0.5, 0.6) is 0 Å². The van der Waals surface area contributed by atoms with Gasteiger partial charge in [-0.3, -0.25) is 0 Å². The summed E-state index contributed by atoms with van der Waals surface area (Å²) in [6, 6.07) is 50.1. The van der Waals surface area contributed by atoms with Crippen LogP contribution in [0.1, 0.15) is 77.6 Å². The third-order valence-electron chi connectivity index (χ3n) is 9.82. The molecule has 0 heterocycles. The summed E-state index contributed by atoms with van der Waals surface area (Å²) in [5.41, 5.74) is 23.1. The molecule has 0 radical (unpaired) electrons. The molecule has 2 N–H and O–H groups in total. The van der Waals surface area contributed by atoms with E-state index < -0.39 is 0 Å². The zero-order valence-corrected chi connectivity index (χ0v) is 29.9. The minimum Gasteiger partial charge on any atom is -0.398 e. The molecule has 0 aromatic heterocycles. The molecular weight excluding hydrogens is 579 g/mol. The monoisotopic (exact) mass is 627 g/mol. The molecule has 0 atom stereocenters. The molecule has 0 spiro atoms. The Morgan fingerprint density at radius 1 is 0.417 bits per heavy atom. The van der Waals surface area contributed by atoms with E-state index in [-0.39, 0.29) is 16.2 Å². The van der Waals surface area contributed by atoms with Crippen LogP contribution in [0.25, 0.3) is 44.5 Å². The van der Waals surface area contributed by atoms with Gasteiger partial charge in [-0.15, -0.1) is 0 Å². The number of anilines is 1. The van der Waals surface area contributed by atoms with Crippen LogP contribution in [0.4, 0.5) is 5.69 Å². The Hall–Kier alpha value is -4.88. The molecule has 1 aliphatic carbocycles. The number of benzene rings is 6. The fourth-order valence-electron chi connectivity index (χ4n) is 6.97. The standard InChI is InChI=1S/C27H22.C20H27N/c1-27(2)25-14-7-6-11-23(25)24-13-8-12-22(26(24)27)21-17-15-20(16-18-21)19-9-4-3-5-10-19;1-19(2,3)15-11-14(12-16(13-15)20(4,5)6)17-9-7-8-10-18(17)21/h3-18H,1-2H3;7-13H,21H2,1-6H3. The zero-order valence-electron chi connectivity index (χ0n) is 29.9. The van der Waals surface area contributed by atoms with Crippen LogP contribution in [0, 0.1) is 0 Å². The van der Waals surface area contributed by atoms with E-state index in [1.807, 2.05) is 18.2 Å². The van der Waals surface area contributed by atoms with Crippen molar-refractivity contribution in [2.24, 2.45) is 0 Å². The van der Waals surface area contributed by atoms with E-state index in [9.17, 15) is 0 Å². The van der Waals surface area contributed by atoms with Crippen molar-refractivity contribution in [2.75, 3.05) is 5.73 Å². The highest BCUT2D eigenvalue weighted by molar-refractivity contribution is 5.88. The van der Waals surface area contributed by atoms with Gasteiger partial charge in [-0.2, -0.15) is 0 Å². The summed E-state index contributed by atoms with van der Waals surface area (Å²) >= 11 is 0. The normalized spacial score (nSPS) is 13.2. The van der Waals surface area contributed by atoms with Gasteiger partial charge in [0.25, 0.3) is 0 Å². The second-order valence-electron chi connectivity index (χ2n) is 15.7. The first kappa shape index (κ1) is 33.0. The van der Waals surface area contributed by atoms with Crippen LogP contribution in [-0.2, 0) is 16.2 Å². The van der Waals surface area contributed by atoms with Gasteiger partial charge in [-0.05, 0) is 78.1 Å². The average molecular weight is 628 g/mol. The fourth-order valence-corrected chi connectivity index (χ4v) is 6.97. The highest BCUT2D eigenvalue weighted by Gasteiger charge is 2.37. The van der Waals surface area contributed by atoms with Crippen molar-refractivity contribution in [2.45, 2.75) is 71.6 Å². The molecule has 48 heavy (non-hydrogen) atoms. The third kappa shape index (κ3) is 6.47. The highest BCUT2D eigenvalue weighted by Crippen LogP contribution is 2.52. The molecule has 0 unspecified atom stereocenters. The largest absolute Gasteiger partial charge is 0.398 e. The minimum atomic E-state index is 0.0145. The maximum Gasteiger partial charge on any atom is 0.0393 e. The molecule has 6 aromatic carbocycles. The van der Waals surface area contributed by atoms with Crippen LogP contribution in [0.2, 0.25) is 0 Å². The van der Waals surface area contributed by atoms with Crippen LogP contribution in [-0.4, -0.2) is 0 Å². The molecule has 242 valence electrons. The maximum absolute atomic E-state index is 6.17. The highest BCUT2D eigenvalue weighted by atomic mass is 14.6. The Kier molecular flexibility index (Phi) is 8.69. The number of hydrogen-bond acceptors (Lipinski definition) is 1. The van der Waals surface area contributed by atoms with Crippen molar-refractivity contribution in [3.8, 4) is 44.5 Å². The Bertz CT molecular complexity index is 2020. The van der Waals surface area contributed by atoms with E-state index in [1.54, 1.807) is 0 Å². The van der Waals surface area contributed by atoms with Gasteiger partial charge in [0.15, 0.2) is 0 Å². The molecular formula is C47H49N. The topological polar surface area (TPSA) is 26.0 Å². The first-order valence-corrected chi connectivity index (χ1v) is 17.2. The van der Waals surface area contributed by atoms with E-state index in [0.29, 0.717) is 0 Å². The van der Waals surface area contributed by atoms with Crippen LogP contribution < -0.4 is 5.73 Å². The van der Waals surface area contributed by atoms with Gasteiger partial charge in [0.1, 0.15) is 0 Å². The molecule has 0 saturated heterocycles. The van der Waals surface area contributed by atoms with Gasteiger partial charge in [0.05, 0.1) is 0 Å². The van der Waals surface area contributed by atoms with Gasteiger partial charge in [0.2, 0.25) is 0 Å². The Morgan fingerprint density at radius 2 is 0.896 bits per heavy atom. The van der Waals surface area contributed by atoms with Crippen molar-refractivity contribution in [1.82, 2.24) is 0 Å². The Balaban J connectivity index is 0.000000173. The number of nitrogen functional groups attached to an aromatic ring is 1. The third-order valence-corrected chi connectivity index (χ3v) is 9.82. The molecule has 0 amide bonds. The quantitative estimate of drug-likeness (QED) is 0.194. The van der Waals surface area contributed by atoms with E-state index in [2.05, 4.69) is 177 Å². The molecule has 1 nitrogen and oxygen atoms in total. The minimum absolute atomic E-state index is 0.0145. The van der Waals surface area contributed by atoms with E-state index in [4.69, 9.17) is 5.73 Å². The zero-order chi connectivity index (χ0) is 34.3. The Morgan fingerprint density at radius 3 is 1.50 bits per heavy atom. The number of rotatable bonds is 3. The summed E-state index contributed by atoms with van der Waals surface area (Å²) in [7, 11) is 0. The van der Waals surface area contributed by atoms with Crippen molar-refractivity contribution >= 4 is 5.69 Å². The molecule has 1 heteroatoms. The summed E-state index contributed by atoms with van der Waals surface area (Å²) in [5, 5.41) is 0. The second-order valence-corrected chi connectivity index (χ2v) is 15.7. The van der Waals surface area contributed by atoms with Crippen molar-refractivity contribution in [3.63, 3.8) is 0 Å². The summed E-state index contributed by atoms with van der Waals surface area (Å²) in [4.78, 5) is 0. The van der Waals surface area contributed by atoms with Gasteiger partial charge < -0.3 is 5.73 Å². The number of hydrogen-bond donors (Lipinski definition) is 1. The average Bonchev–Trinajstić information content (AvgIpc) is 3.31. The molecule has 6 aromatic rings. The lowest BCUT2D eigenvalue weighted by atomic mass is 9.79. The molecule has 7 rings (SSSR count). The van der Waals surface area contributed by atoms with Crippen molar-refractivity contribution in [3.05, 3.63) is 162 Å². The van der Waals surface area contributed by atoms with Gasteiger partial charge in [-0.1, -0.05) is 189 Å². The Labute approximate surface area is 288 Å². The summed E-state index contributed by atoms with van der Waals surface area (Å²) in [6.45, 7) is 18.2. The van der Waals surface area contributed by atoms with Crippen LogP contribution in [0.15, 0.2) is 140 Å². The lowest BCUT2D eigenvalue weighted by molar-refractivity contribution is 0.569. The summed E-state index contributed by atoms with van der Waals surface area (Å²) < 4.78 is 0. The molecule has 0 fully saturated rings. The van der Waals surface area contributed by atoms with Crippen molar-refractivity contribution < 1.29 is 0 Å². The van der Waals surface area contributed by atoms with Crippen LogP contribution in [0.3, 0.4) is 0 Å². The van der Waals surface area contributed by atoms with E-state index in [0.717, 1.165) is 11.3 Å². The van der Waals surface area contributed by atoms with E-state index in [1.165, 1.54) is 61.2 Å². The van der Waals surface area contributed by atoms with E-state index >= 15 is 0 Å².